The summed E-state index contributed by atoms with van der Waals surface area (Å²) in [6.07, 6.45) is 20.9. The van der Waals surface area contributed by atoms with Crippen LogP contribution in [0.5, 0.6) is 0 Å². The fourth-order valence-electron chi connectivity index (χ4n) is 3.71. The number of aromatic nitrogens is 1. The molecule has 1 heteroatoms. The molecule has 114 valence electrons. The lowest BCUT2D eigenvalue weighted by atomic mass is 9.89. The number of aromatic amines is 1. The SMILES string of the molecule is Cc1cc[nH]c1C1CCCCCCCCCCCCC1. The van der Waals surface area contributed by atoms with Gasteiger partial charge in [-0.15, -0.1) is 0 Å². The molecule has 1 nitrogen and oxygen atoms in total. The smallest absolute Gasteiger partial charge is 0.0208 e. The van der Waals surface area contributed by atoms with Crippen LogP contribution in [0, 0.1) is 6.92 Å². The summed E-state index contributed by atoms with van der Waals surface area (Å²) in [7, 11) is 0. The molecule has 0 unspecified atom stereocenters. The fourth-order valence-corrected chi connectivity index (χ4v) is 3.71. The van der Waals surface area contributed by atoms with Crippen LogP contribution in [0.2, 0.25) is 0 Å². The van der Waals surface area contributed by atoms with Gasteiger partial charge in [0, 0.05) is 11.9 Å². The highest BCUT2D eigenvalue weighted by molar-refractivity contribution is 5.22. The minimum absolute atomic E-state index is 0.785. The van der Waals surface area contributed by atoms with Crippen molar-refractivity contribution in [3.05, 3.63) is 23.5 Å². The van der Waals surface area contributed by atoms with Gasteiger partial charge >= 0.3 is 0 Å². The van der Waals surface area contributed by atoms with Crippen molar-refractivity contribution in [3.63, 3.8) is 0 Å². The van der Waals surface area contributed by atoms with Crippen molar-refractivity contribution in [2.24, 2.45) is 0 Å². The third-order valence-electron chi connectivity index (χ3n) is 5.01. The van der Waals surface area contributed by atoms with Crippen molar-refractivity contribution >= 4 is 0 Å². The van der Waals surface area contributed by atoms with Gasteiger partial charge in [-0.3, -0.25) is 0 Å². The molecule has 0 bridgehead atoms. The lowest BCUT2D eigenvalue weighted by Crippen LogP contribution is -2.02. The van der Waals surface area contributed by atoms with Crippen LogP contribution in [0.3, 0.4) is 0 Å². The third kappa shape index (κ3) is 5.34. The van der Waals surface area contributed by atoms with Gasteiger partial charge < -0.3 is 4.98 Å². The summed E-state index contributed by atoms with van der Waals surface area (Å²) in [6.45, 7) is 2.26. The van der Waals surface area contributed by atoms with Crippen LogP contribution in [0.15, 0.2) is 12.3 Å². The molecule has 0 atom stereocenters. The molecule has 1 aliphatic rings. The van der Waals surface area contributed by atoms with Crippen molar-refractivity contribution in [2.75, 3.05) is 0 Å². The zero-order valence-electron chi connectivity index (χ0n) is 13.4. The largest absolute Gasteiger partial charge is 0.365 e. The summed E-state index contributed by atoms with van der Waals surface area (Å²) in [5.74, 6) is 0.785. The van der Waals surface area contributed by atoms with Crippen LogP contribution >= 0.6 is 0 Å². The van der Waals surface area contributed by atoms with Gasteiger partial charge in [0.1, 0.15) is 0 Å². The summed E-state index contributed by atoms with van der Waals surface area (Å²) >= 11 is 0. The zero-order chi connectivity index (χ0) is 14.0. The van der Waals surface area contributed by atoms with E-state index in [1.165, 1.54) is 94.7 Å². The van der Waals surface area contributed by atoms with Crippen molar-refractivity contribution in [2.45, 2.75) is 96.3 Å². The summed E-state index contributed by atoms with van der Waals surface area (Å²) in [5.41, 5.74) is 2.99. The van der Waals surface area contributed by atoms with E-state index in [2.05, 4.69) is 24.2 Å². The molecular formula is C19H33N. The van der Waals surface area contributed by atoms with E-state index < -0.39 is 0 Å². The molecule has 1 saturated carbocycles. The van der Waals surface area contributed by atoms with Crippen LogP contribution in [-0.4, -0.2) is 4.98 Å². The van der Waals surface area contributed by atoms with E-state index >= 15 is 0 Å². The van der Waals surface area contributed by atoms with Gasteiger partial charge in [0.2, 0.25) is 0 Å². The van der Waals surface area contributed by atoms with Crippen molar-refractivity contribution in [3.8, 4) is 0 Å². The molecule has 0 aliphatic heterocycles. The van der Waals surface area contributed by atoms with Crippen LogP contribution in [-0.2, 0) is 0 Å². The van der Waals surface area contributed by atoms with E-state index in [0.29, 0.717) is 0 Å². The average Bonchev–Trinajstić information content (AvgIpc) is 2.87. The number of H-pyrrole nitrogens is 1. The van der Waals surface area contributed by atoms with E-state index in [1.54, 1.807) is 0 Å². The number of aryl methyl sites for hydroxylation is 1. The highest BCUT2D eigenvalue weighted by atomic mass is 14.7. The van der Waals surface area contributed by atoms with Gasteiger partial charge in [0.15, 0.2) is 0 Å². The second-order valence-electron chi connectivity index (χ2n) is 6.74. The van der Waals surface area contributed by atoms with Gasteiger partial charge in [-0.1, -0.05) is 70.6 Å². The Labute approximate surface area is 125 Å². The van der Waals surface area contributed by atoms with Crippen LogP contribution in [0.1, 0.15) is 101 Å². The van der Waals surface area contributed by atoms with Crippen LogP contribution < -0.4 is 0 Å². The fraction of sp³-hybridized carbons (Fsp3) is 0.789. The van der Waals surface area contributed by atoms with Gasteiger partial charge in [-0.2, -0.15) is 0 Å². The Balaban J connectivity index is 1.86. The summed E-state index contributed by atoms with van der Waals surface area (Å²) in [4.78, 5) is 3.51. The molecule has 0 aromatic carbocycles. The minimum Gasteiger partial charge on any atom is -0.365 e. The highest BCUT2D eigenvalue weighted by Crippen LogP contribution is 2.30. The topological polar surface area (TPSA) is 15.8 Å². The van der Waals surface area contributed by atoms with E-state index in [1.807, 2.05) is 0 Å². The van der Waals surface area contributed by atoms with Crippen LogP contribution in [0.4, 0.5) is 0 Å². The third-order valence-corrected chi connectivity index (χ3v) is 5.01. The summed E-state index contributed by atoms with van der Waals surface area (Å²) < 4.78 is 0. The number of rotatable bonds is 1. The van der Waals surface area contributed by atoms with Gasteiger partial charge in [0.25, 0.3) is 0 Å². The van der Waals surface area contributed by atoms with Crippen molar-refractivity contribution in [1.29, 1.82) is 0 Å². The Morgan fingerprint density at radius 3 is 1.60 bits per heavy atom. The number of hydrogen-bond donors (Lipinski definition) is 1. The van der Waals surface area contributed by atoms with Crippen molar-refractivity contribution < 1.29 is 0 Å². The first-order valence-electron chi connectivity index (χ1n) is 9.02. The van der Waals surface area contributed by atoms with E-state index in [-0.39, 0.29) is 0 Å². The lowest BCUT2D eigenvalue weighted by Gasteiger charge is -2.17. The Bertz CT molecular complexity index is 338. The molecule has 1 aliphatic carbocycles. The normalized spacial score (nSPS) is 21.4. The second-order valence-corrected chi connectivity index (χ2v) is 6.74. The Morgan fingerprint density at radius 1 is 0.750 bits per heavy atom. The van der Waals surface area contributed by atoms with Crippen LogP contribution in [0.25, 0.3) is 0 Å². The molecule has 1 aromatic heterocycles. The number of hydrogen-bond acceptors (Lipinski definition) is 0. The molecule has 20 heavy (non-hydrogen) atoms. The predicted molar refractivity (Wildman–Crippen MR) is 88.3 cm³/mol. The molecule has 0 saturated heterocycles. The lowest BCUT2D eigenvalue weighted by molar-refractivity contribution is 0.465. The standard InChI is InChI=1S/C19H33N/c1-17-15-16-20-19(17)18-13-11-9-7-5-3-2-4-6-8-10-12-14-18/h15-16,18,20H,2-14H2,1H3. The maximum atomic E-state index is 3.51. The molecule has 1 fully saturated rings. The first-order valence-corrected chi connectivity index (χ1v) is 9.02. The average molecular weight is 275 g/mol. The molecule has 2 rings (SSSR count). The van der Waals surface area contributed by atoms with Gasteiger partial charge in [-0.05, 0) is 37.3 Å². The predicted octanol–water partition coefficient (Wildman–Crippen LogP) is 6.49. The maximum absolute atomic E-state index is 3.51. The minimum atomic E-state index is 0.785. The quantitative estimate of drug-likeness (QED) is 0.602. The first-order chi connectivity index (χ1) is 9.88. The maximum Gasteiger partial charge on any atom is 0.0208 e. The Hall–Kier alpha value is -0.720. The van der Waals surface area contributed by atoms with Gasteiger partial charge in [-0.25, -0.2) is 0 Å². The molecule has 1 N–H and O–H groups in total. The van der Waals surface area contributed by atoms with E-state index in [0.717, 1.165) is 5.92 Å². The molecule has 0 spiro atoms. The summed E-state index contributed by atoms with van der Waals surface area (Å²) in [6, 6.07) is 2.24. The summed E-state index contributed by atoms with van der Waals surface area (Å²) in [5, 5.41) is 0. The molecule has 1 heterocycles. The Kier molecular flexibility index (Phi) is 7.25. The zero-order valence-corrected chi connectivity index (χ0v) is 13.4. The molecule has 0 radical (unpaired) electrons. The van der Waals surface area contributed by atoms with E-state index in [4.69, 9.17) is 0 Å². The molecular weight excluding hydrogens is 242 g/mol. The molecule has 0 amide bonds. The monoisotopic (exact) mass is 275 g/mol. The Morgan fingerprint density at radius 2 is 1.20 bits per heavy atom. The molecule has 1 aromatic rings. The first kappa shape index (κ1) is 15.7. The van der Waals surface area contributed by atoms with E-state index in [9.17, 15) is 0 Å². The van der Waals surface area contributed by atoms with Crippen molar-refractivity contribution in [1.82, 2.24) is 4.98 Å². The van der Waals surface area contributed by atoms with Gasteiger partial charge in [0.05, 0.1) is 0 Å². The second kappa shape index (κ2) is 9.26. The highest BCUT2D eigenvalue weighted by Gasteiger charge is 2.14. The number of nitrogens with one attached hydrogen (secondary N) is 1.